The number of rotatable bonds is 5. The molecule has 2 aliphatic rings. The average molecular weight is 319 g/mol. The van der Waals surface area contributed by atoms with Crippen LogP contribution in [0.5, 0.6) is 0 Å². The lowest BCUT2D eigenvalue weighted by Crippen LogP contribution is -2.43. The summed E-state index contributed by atoms with van der Waals surface area (Å²) in [7, 11) is 0. The zero-order valence-electron chi connectivity index (χ0n) is 13.1. The predicted octanol–water partition coefficient (Wildman–Crippen LogP) is -0.0399. The number of fused-ring (bicyclic) bond motifs is 1. The fourth-order valence-electron chi connectivity index (χ4n) is 3.15. The molecule has 2 saturated heterocycles. The van der Waals surface area contributed by atoms with Crippen molar-refractivity contribution in [3.63, 3.8) is 0 Å². The van der Waals surface area contributed by atoms with E-state index in [1.165, 1.54) is 6.92 Å². The molecule has 7 heteroatoms. The van der Waals surface area contributed by atoms with Gasteiger partial charge < -0.3 is 19.7 Å². The third-order valence-corrected chi connectivity index (χ3v) is 4.34. The molecule has 1 aromatic heterocycles. The predicted molar refractivity (Wildman–Crippen MR) is 81.3 cm³/mol. The van der Waals surface area contributed by atoms with Crippen LogP contribution in [0.3, 0.4) is 0 Å². The SMILES string of the molecule is CC(=O)NCC(=O)N1C[C@H](OCc2cccnc2)[C@H]2COC[C@H]21. The van der Waals surface area contributed by atoms with Crippen molar-refractivity contribution in [2.24, 2.45) is 5.92 Å². The second kappa shape index (κ2) is 7.06. The average Bonchev–Trinajstić information content (AvgIpc) is 3.14. The van der Waals surface area contributed by atoms with Gasteiger partial charge in [0.2, 0.25) is 11.8 Å². The van der Waals surface area contributed by atoms with E-state index in [0.29, 0.717) is 26.4 Å². The zero-order valence-corrected chi connectivity index (χ0v) is 13.1. The summed E-state index contributed by atoms with van der Waals surface area (Å²) in [6.07, 6.45) is 3.45. The Hall–Kier alpha value is -1.99. The molecule has 2 fully saturated rings. The molecule has 1 N–H and O–H groups in total. The van der Waals surface area contributed by atoms with Gasteiger partial charge in [0.05, 0.1) is 38.5 Å². The standard InChI is InChI=1S/C16H21N3O4/c1-11(20)18-6-16(21)19-7-15(13-9-22-10-14(13)19)23-8-12-3-2-4-17-5-12/h2-5,13-15H,6-10H2,1H3,(H,18,20)/t13-,14+,15-/m0/s1. The second-order valence-corrected chi connectivity index (χ2v) is 5.94. The molecule has 3 atom stereocenters. The van der Waals surface area contributed by atoms with Crippen molar-refractivity contribution in [2.75, 3.05) is 26.3 Å². The number of hydrogen-bond acceptors (Lipinski definition) is 5. The fourth-order valence-corrected chi connectivity index (χ4v) is 3.15. The van der Waals surface area contributed by atoms with Crippen LogP contribution in [0.25, 0.3) is 0 Å². The number of nitrogens with one attached hydrogen (secondary N) is 1. The highest BCUT2D eigenvalue weighted by molar-refractivity contribution is 5.84. The molecular weight excluding hydrogens is 298 g/mol. The molecule has 2 aliphatic heterocycles. The molecule has 3 heterocycles. The Bertz CT molecular complexity index is 566. The normalized spacial score (nSPS) is 26.1. The fraction of sp³-hybridized carbons (Fsp3) is 0.562. The van der Waals surface area contributed by atoms with E-state index in [0.717, 1.165) is 5.56 Å². The number of nitrogens with zero attached hydrogens (tertiary/aromatic N) is 2. The van der Waals surface area contributed by atoms with Crippen LogP contribution >= 0.6 is 0 Å². The Kier molecular flexibility index (Phi) is 4.88. The number of amides is 2. The van der Waals surface area contributed by atoms with Gasteiger partial charge in [-0.2, -0.15) is 0 Å². The van der Waals surface area contributed by atoms with E-state index in [-0.39, 0.29) is 36.4 Å². The number of likely N-dealkylation sites (tertiary alicyclic amines) is 1. The number of aromatic nitrogens is 1. The third kappa shape index (κ3) is 3.68. The van der Waals surface area contributed by atoms with Crippen molar-refractivity contribution in [2.45, 2.75) is 25.7 Å². The van der Waals surface area contributed by atoms with Crippen LogP contribution in [0.15, 0.2) is 24.5 Å². The molecule has 7 nitrogen and oxygen atoms in total. The molecule has 2 amide bonds. The van der Waals surface area contributed by atoms with Crippen LogP contribution in [0, 0.1) is 5.92 Å². The van der Waals surface area contributed by atoms with Gasteiger partial charge in [0.15, 0.2) is 0 Å². The molecule has 0 aromatic carbocycles. The monoisotopic (exact) mass is 319 g/mol. The number of carbonyl (C=O) groups is 2. The van der Waals surface area contributed by atoms with E-state index in [1.807, 2.05) is 12.1 Å². The van der Waals surface area contributed by atoms with Crippen LogP contribution in [0.1, 0.15) is 12.5 Å². The van der Waals surface area contributed by atoms with Crippen LogP contribution < -0.4 is 5.32 Å². The van der Waals surface area contributed by atoms with E-state index in [2.05, 4.69) is 10.3 Å². The lowest BCUT2D eigenvalue weighted by molar-refractivity contribution is -0.134. The van der Waals surface area contributed by atoms with Gasteiger partial charge in [0.1, 0.15) is 0 Å². The Morgan fingerprint density at radius 3 is 3.09 bits per heavy atom. The molecule has 0 bridgehead atoms. The van der Waals surface area contributed by atoms with E-state index in [4.69, 9.17) is 9.47 Å². The molecular formula is C16H21N3O4. The molecule has 0 spiro atoms. The first kappa shape index (κ1) is 15.9. The van der Waals surface area contributed by atoms with Gasteiger partial charge in [-0.15, -0.1) is 0 Å². The highest BCUT2D eigenvalue weighted by atomic mass is 16.5. The summed E-state index contributed by atoms with van der Waals surface area (Å²) in [6.45, 7) is 3.56. The van der Waals surface area contributed by atoms with Crippen molar-refractivity contribution in [1.29, 1.82) is 0 Å². The van der Waals surface area contributed by atoms with E-state index >= 15 is 0 Å². The smallest absolute Gasteiger partial charge is 0.242 e. The van der Waals surface area contributed by atoms with Crippen molar-refractivity contribution in [3.8, 4) is 0 Å². The van der Waals surface area contributed by atoms with Crippen LogP contribution in [0.4, 0.5) is 0 Å². The Morgan fingerprint density at radius 2 is 2.35 bits per heavy atom. The molecule has 23 heavy (non-hydrogen) atoms. The summed E-state index contributed by atoms with van der Waals surface area (Å²) in [5.41, 5.74) is 1.01. The van der Waals surface area contributed by atoms with Gasteiger partial charge in [-0.1, -0.05) is 6.07 Å². The Balaban J connectivity index is 1.59. The molecule has 0 saturated carbocycles. The summed E-state index contributed by atoms with van der Waals surface area (Å²) in [6, 6.07) is 3.87. The van der Waals surface area contributed by atoms with Gasteiger partial charge in [0.25, 0.3) is 0 Å². The highest BCUT2D eigenvalue weighted by Crippen LogP contribution is 2.32. The van der Waals surface area contributed by atoms with Crippen LogP contribution in [-0.4, -0.2) is 60.1 Å². The third-order valence-electron chi connectivity index (χ3n) is 4.34. The lowest BCUT2D eigenvalue weighted by atomic mass is 10.0. The van der Waals surface area contributed by atoms with Crippen molar-refractivity contribution >= 4 is 11.8 Å². The molecule has 0 unspecified atom stereocenters. The quantitative estimate of drug-likeness (QED) is 0.824. The largest absolute Gasteiger partial charge is 0.379 e. The highest BCUT2D eigenvalue weighted by Gasteiger charge is 2.47. The minimum Gasteiger partial charge on any atom is -0.379 e. The minimum atomic E-state index is -0.207. The van der Waals surface area contributed by atoms with Crippen LogP contribution in [0.2, 0.25) is 0 Å². The van der Waals surface area contributed by atoms with Crippen LogP contribution in [-0.2, 0) is 25.7 Å². The van der Waals surface area contributed by atoms with Gasteiger partial charge in [0, 0.05) is 31.8 Å². The minimum absolute atomic E-state index is 0.0217. The lowest BCUT2D eigenvalue weighted by Gasteiger charge is -2.22. The molecule has 3 rings (SSSR count). The van der Waals surface area contributed by atoms with Crippen molar-refractivity contribution < 1.29 is 19.1 Å². The van der Waals surface area contributed by atoms with Crippen molar-refractivity contribution in [1.82, 2.24) is 15.2 Å². The summed E-state index contributed by atoms with van der Waals surface area (Å²) in [5, 5.41) is 2.55. The summed E-state index contributed by atoms with van der Waals surface area (Å²) in [4.78, 5) is 29.1. The van der Waals surface area contributed by atoms with E-state index in [1.54, 1.807) is 17.3 Å². The first-order chi connectivity index (χ1) is 11.1. The molecule has 0 aliphatic carbocycles. The van der Waals surface area contributed by atoms with E-state index in [9.17, 15) is 9.59 Å². The van der Waals surface area contributed by atoms with Crippen molar-refractivity contribution in [3.05, 3.63) is 30.1 Å². The summed E-state index contributed by atoms with van der Waals surface area (Å²) >= 11 is 0. The summed E-state index contributed by atoms with van der Waals surface area (Å²) < 4.78 is 11.5. The van der Waals surface area contributed by atoms with Gasteiger partial charge in [-0.05, 0) is 11.6 Å². The van der Waals surface area contributed by atoms with E-state index < -0.39 is 0 Å². The molecule has 1 aromatic rings. The van der Waals surface area contributed by atoms with Gasteiger partial charge in [-0.3, -0.25) is 14.6 Å². The number of carbonyl (C=O) groups excluding carboxylic acids is 2. The number of hydrogen-bond donors (Lipinski definition) is 1. The maximum atomic E-state index is 12.3. The summed E-state index contributed by atoms with van der Waals surface area (Å²) in [5.74, 6) is -0.109. The second-order valence-electron chi connectivity index (χ2n) is 5.94. The first-order valence-electron chi connectivity index (χ1n) is 7.77. The maximum absolute atomic E-state index is 12.3. The number of ether oxygens (including phenoxy) is 2. The number of pyridine rings is 1. The zero-order chi connectivity index (χ0) is 16.2. The molecule has 124 valence electrons. The molecule has 0 radical (unpaired) electrons. The maximum Gasteiger partial charge on any atom is 0.242 e. The Morgan fingerprint density at radius 1 is 1.48 bits per heavy atom. The van der Waals surface area contributed by atoms with Gasteiger partial charge in [-0.25, -0.2) is 0 Å². The topological polar surface area (TPSA) is 80.8 Å². The Labute approximate surface area is 135 Å². The van der Waals surface area contributed by atoms with Gasteiger partial charge >= 0.3 is 0 Å². The first-order valence-corrected chi connectivity index (χ1v) is 7.77.